The molecule has 2 aliphatic rings. The van der Waals surface area contributed by atoms with Crippen molar-refractivity contribution >= 4 is 48.7 Å². The number of aromatic nitrogens is 2. The van der Waals surface area contributed by atoms with Gasteiger partial charge in [-0.05, 0) is 58.4 Å². The number of fused-ring (bicyclic) bond motifs is 1. The average molecular weight is 686 g/mol. The molecule has 1 saturated carbocycles. The molecule has 1 fully saturated rings. The quantitative estimate of drug-likeness (QED) is 0.133. The van der Waals surface area contributed by atoms with E-state index >= 15 is 4.39 Å². The summed E-state index contributed by atoms with van der Waals surface area (Å²) in [5.74, 6) is -0.541. The molecule has 0 bridgehead atoms. The number of ether oxygens (including phenoxy) is 3. The van der Waals surface area contributed by atoms with Crippen LogP contribution in [-0.2, 0) is 19.8 Å². The van der Waals surface area contributed by atoms with Crippen LogP contribution in [0.1, 0.15) is 50.2 Å². The maximum Gasteiger partial charge on any atom is 0.418 e. The van der Waals surface area contributed by atoms with Crippen molar-refractivity contribution < 1.29 is 38.1 Å². The Kier molecular flexibility index (Phi) is 10.4. The number of nitrogens with zero attached hydrogens (tertiary/aromatic N) is 4. The van der Waals surface area contributed by atoms with Gasteiger partial charge in [0.25, 0.3) is 5.91 Å². The number of carbonyl (C=O) groups is 3. The van der Waals surface area contributed by atoms with Gasteiger partial charge in [0, 0.05) is 31.8 Å². The monoisotopic (exact) mass is 685 g/mol. The van der Waals surface area contributed by atoms with Gasteiger partial charge in [-0.2, -0.15) is 0 Å². The van der Waals surface area contributed by atoms with Crippen LogP contribution in [0.3, 0.4) is 0 Å². The van der Waals surface area contributed by atoms with E-state index in [0.29, 0.717) is 6.61 Å². The summed E-state index contributed by atoms with van der Waals surface area (Å²) >= 11 is 0.939. The first-order valence-electron chi connectivity index (χ1n) is 15.0. The minimum Gasteiger partial charge on any atom is -0.480 e. The summed E-state index contributed by atoms with van der Waals surface area (Å²) < 4.78 is 31.0. The third-order valence-electron chi connectivity index (χ3n) is 7.55. The van der Waals surface area contributed by atoms with Crippen molar-refractivity contribution in [3.8, 4) is 18.2 Å². The molecule has 2 aromatic rings. The number of aliphatic imine (C=N–C) groups is 1. The molecule has 0 radical (unpaired) electrons. The van der Waals surface area contributed by atoms with Gasteiger partial charge in [-0.25, -0.2) is 24.1 Å². The van der Waals surface area contributed by atoms with Gasteiger partial charge in [-0.15, -0.1) is 6.42 Å². The van der Waals surface area contributed by atoms with E-state index < -0.39 is 53.7 Å². The van der Waals surface area contributed by atoms with Gasteiger partial charge in [-0.1, -0.05) is 37.3 Å². The fraction of sp³-hybridized carbons (Fsp3) is 0.500. The number of benzene rings is 1. The van der Waals surface area contributed by atoms with Gasteiger partial charge >= 0.3 is 12.1 Å². The Labute approximate surface area is 278 Å². The third kappa shape index (κ3) is 8.48. The Morgan fingerprint density at radius 3 is 2.55 bits per heavy atom. The zero-order valence-corrected chi connectivity index (χ0v) is 29.4. The number of carboxylic acids is 1. The molecule has 1 aromatic carbocycles. The summed E-state index contributed by atoms with van der Waals surface area (Å²) in [7, 11) is -1.45. The van der Waals surface area contributed by atoms with Crippen molar-refractivity contribution in [1.82, 2.24) is 14.9 Å². The first kappa shape index (κ1) is 35.8. The van der Waals surface area contributed by atoms with E-state index in [1.165, 1.54) is 35.5 Å². The molecule has 12 nitrogen and oxygen atoms in total. The van der Waals surface area contributed by atoms with Crippen molar-refractivity contribution in [1.29, 1.82) is 0 Å². The highest BCUT2D eigenvalue weighted by atomic mass is 32.2. The number of carbonyl (C=O) groups excluding carboxylic acids is 2. The maximum atomic E-state index is 15.7. The molecule has 1 aliphatic carbocycles. The molecule has 1 aliphatic heterocycles. The van der Waals surface area contributed by atoms with Crippen molar-refractivity contribution in [2.24, 2.45) is 10.9 Å². The van der Waals surface area contributed by atoms with Crippen LogP contribution in [0.25, 0.3) is 0 Å². The molecule has 15 heteroatoms. The van der Waals surface area contributed by atoms with Crippen LogP contribution in [0.2, 0.25) is 25.7 Å². The fourth-order valence-corrected chi connectivity index (χ4v) is 7.23. The summed E-state index contributed by atoms with van der Waals surface area (Å²) in [5, 5.41) is 13.1. The molecular weight excluding hydrogens is 646 g/mol. The number of aliphatic carboxylic acids is 1. The van der Waals surface area contributed by atoms with E-state index in [4.69, 9.17) is 25.6 Å². The van der Waals surface area contributed by atoms with Crippen molar-refractivity contribution in [3.05, 3.63) is 47.7 Å². The lowest BCUT2D eigenvalue weighted by Gasteiger charge is -2.37. The predicted octanol–water partition coefficient (Wildman–Crippen LogP) is 5.59. The molecule has 2 amide bonds. The number of anilines is 1. The molecular formula is C32H40FN5O7SSi. The van der Waals surface area contributed by atoms with Gasteiger partial charge in [0.15, 0.2) is 11.8 Å². The molecule has 2 heterocycles. The van der Waals surface area contributed by atoms with Crippen LogP contribution in [0, 0.1) is 24.1 Å². The number of amides is 2. The van der Waals surface area contributed by atoms with Crippen LogP contribution in [0.15, 0.2) is 35.6 Å². The van der Waals surface area contributed by atoms with Crippen LogP contribution >= 0.6 is 11.8 Å². The van der Waals surface area contributed by atoms with Crippen molar-refractivity contribution in [3.63, 3.8) is 0 Å². The SMILES string of the molecule is C#CCOc1cnc(C(=O)Nc2ccc(F)c([C@@]3(C)N=C(N(COCC[Si](C)(C)C)C(=O)OC(C)(C)C)S[C@@]4(C(=O)O)C[C@H]43)c2)cn1. The second-order valence-corrected chi connectivity index (χ2v) is 20.7. The number of halogens is 1. The Balaban J connectivity index is 1.68. The molecule has 1 aromatic heterocycles. The highest BCUT2D eigenvalue weighted by Crippen LogP contribution is 2.66. The molecule has 0 unspecified atom stereocenters. The molecule has 47 heavy (non-hydrogen) atoms. The summed E-state index contributed by atoms with van der Waals surface area (Å²) in [6.45, 7) is 13.5. The van der Waals surface area contributed by atoms with E-state index in [1.807, 2.05) is 0 Å². The van der Waals surface area contributed by atoms with Crippen LogP contribution in [0.5, 0.6) is 5.88 Å². The molecule has 3 atom stereocenters. The molecule has 2 N–H and O–H groups in total. The molecule has 0 saturated heterocycles. The highest BCUT2D eigenvalue weighted by molar-refractivity contribution is 8.15. The van der Waals surface area contributed by atoms with Crippen LogP contribution in [0.4, 0.5) is 14.9 Å². The molecule has 4 rings (SSSR count). The lowest BCUT2D eigenvalue weighted by molar-refractivity contribution is -0.137. The van der Waals surface area contributed by atoms with Gasteiger partial charge in [0.2, 0.25) is 5.88 Å². The topological polar surface area (TPSA) is 153 Å². The number of hydrogen-bond acceptors (Lipinski definition) is 10. The summed E-state index contributed by atoms with van der Waals surface area (Å²) in [6, 6.07) is 4.80. The number of hydrogen-bond donors (Lipinski definition) is 2. The normalized spacial score (nSPS) is 21.9. The summed E-state index contributed by atoms with van der Waals surface area (Å²) in [4.78, 5) is 53.2. The van der Waals surface area contributed by atoms with Gasteiger partial charge < -0.3 is 24.6 Å². The Morgan fingerprint density at radius 2 is 1.96 bits per heavy atom. The van der Waals surface area contributed by atoms with Gasteiger partial charge in [0.05, 0.1) is 17.9 Å². The fourth-order valence-electron chi connectivity index (χ4n) is 4.96. The summed E-state index contributed by atoms with van der Waals surface area (Å²) in [5.41, 5.74) is -2.05. The van der Waals surface area contributed by atoms with E-state index in [1.54, 1.807) is 27.7 Å². The van der Waals surface area contributed by atoms with E-state index in [0.717, 1.165) is 17.8 Å². The zero-order valence-electron chi connectivity index (χ0n) is 27.5. The molecule has 252 valence electrons. The van der Waals surface area contributed by atoms with Crippen LogP contribution < -0.4 is 10.1 Å². The number of rotatable bonds is 11. The average Bonchev–Trinajstić information content (AvgIpc) is 3.73. The minimum atomic E-state index is -1.45. The zero-order chi connectivity index (χ0) is 34.8. The second-order valence-electron chi connectivity index (χ2n) is 13.7. The van der Waals surface area contributed by atoms with E-state index in [2.05, 4.69) is 40.8 Å². The van der Waals surface area contributed by atoms with Crippen LogP contribution in [-0.4, -0.2) is 81.5 Å². The number of terminal acetylenes is 1. The standard InChI is InChI=1S/C32H40FN5O7SSi/c1-9-12-44-25-18-34-23(17-35-25)26(39)36-20-10-11-22(33)21(15-20)31(5)24-16-32(24,27(40)41)46-28(37-31)38(29(42)45-30(2,3)4)19-43-13-14-47(6,7)8/h1,10-11,15,17-18,24H,12-14,16,19H2,2-8H3,(H,36,39)(H,40,41)/t24-,31+,32-/m0/s1. The first-order chi connectivity index (χ1) is 21.9. The van der Waals surface area contributed by atoms with Crippen molar-refractivity contribution in [2.45, 2.75) is 75.7 Å². The second kappa shape index (κ2) is 13.6. The van der Waals surface area contributed by atoms with Gasteiger partial charge in [0.1, 0.15) is 28.6 Å². The Bertz CT molecular complexity index is 1600. The third-order valence-corrected chi connectivity index (χ3v) is 10.7. The van der Waals surface area contributed by atoms with E-state index in [-0.39, 0.29) is 47.8 Å². The predicted molar refractivity (Wildman–Crippen MR) is 179 cm³/mol. The van der Waals surface area contributed by atoms with E-state index in [9.17, 15) is 19.5 Å². The number of amidine groups is 1. The largest absolute Gasteiger partial charge is 0.480 e. The number of nitrogens with one attached hydrogen (secondary N) is 1. The lowest BCUT2D eigenvalue weighted by Crippen LogP contribution is -2.47. The Morgan fingerprint density at radius 1 is 1.23 bits per heavy atom. The highest BCUT2D eigenvalue weighted by Gasteiger charge is 2.72. The first-order valence-corrected chi connectivity index (χ1v) is 19.5. The van der Waals surface area contributed by atoms with Crippen molar-refractivity contribution in [2.75, 3.05) is 25.3 Å². The Hall–Kier alpha value is -4.00. The van der Waals surface area contributed by atoms with Gasteiger partial charge in [-0.3, -0.25) is 14.6 Å². The minimum absolute atomic E-state index is 0.00856. The summed E-state index contributed by atoms with van der Waals surface area (Å²) in [6.07, 6.45) is 7.05. The number of thioether (sulfide) groups is 1. The number of carboxylic acid groups (broad SMARTS) is 1. The molecule has 0 spiro atoms. The smallest absolute Gasteiger partial charge is 0.418 e. The maximum absolute atomic E-state index is 15.7. The lowest BCUT2D eigenvalue weighted by atomic mass is 9.85.